The third-order valence-electron chi connectivity index (χ3n) is 4.93. The predicted octanol–water partition coefficient (Wildman–Crippen LogP) is 4.42. The topological polar surface area (TPSA) is 97.1 Å². The number of para-hydroxylation sites is 1. The van der Waals surface area contributed by atoms with E-state index in [1.807, 2.05) is 0 Å². The fraction of sp³-hybridized carbons (Fsp3) is 0.500. The lowest BCUT2D eigenvalue weighted by atomic mass is 9.97. The molecular formula is C18H21Cl3N6O2. The Morgan fingerprint density at radius 3 is 2.52 bits per heavy atom. The van der Waals surface area contributed by atoms with Crippen molar-refractivity contribution in [2.75, 3.05) is 31.5 Å². The highest BCUT2D eigenvalue weighted by Crippen LogP contribution is 2.37. The summed E-state index contributed by atoms with van der Waals surface area (Å²) in [5.74, 6) is 0.693. The van der Waals surface area contributed by atoms with Gasteiger partial charge in [0, 0.05) is 12.6 Å². The summed E-state index contributed by atoms with van der Waals surface area (Å²) in [6.45, 7) is 5.99. The number of hydrogen-bond donors (Lipinski definition) is 1. The first kappa shape index (κ1) is 22.0. The summed E-state index contributed by atoms with van der Waals surface area (Å²) in [6, 6.07) is 6.17. The highest BCUT2D eigenvalue weighted by Gasteiger charge is 2.30. The second-order valence-corrected chi connectivity index (χ2v) is 9.12. The molecule has 1 aliphatic rings. The first-order valence-corrected chi connectivity index (χ1v) is 10.4. The van der Waals surface area contributed by atoms with Gasteiger partial charge in [0.25, 0.3) is 5.69 Å². The van der Waals surface area contributed by atoms with Crippen molar-refractivity contribution in [2.45, 2.75) is 23.6 Å². The van der Waals surface area contributed by atoms with E-state index in [2.05, 4.69) is 32.1 Å². The first-order valence-electron chi connectivity index (χ1n) is 9.31. The number of halogens is 3. The number of hydrogen-bond acceptors (Lipinski definition) is 7. The van der Waals surface area contributed by atoms with Crippen molar-refractivity contribution in [3.05, 3.63) is 40.2 Å². The van der Waals surface area contributed by atoms with Crippen LogP contribution in [0, 0.1) is 16.0 Å². The molecule has 0 saturated carbocycles. The van der Waals surface area contributed by atoms with Crippen LogP contribution in [0.15, 0.2) is 24.3 Å². The number of nitrogens with zero attached hydrogens (tertiary/aromatic N) is 5. The minimum absolute atomic E-state index is 0.0805. The second kappa shape index (κ2) is 9.38. The van der Waals surface area contributed by atoms with Crippen LogP contribution in [0.25, 0.3) is 11.4 Å². The van der Waals surface area contributed by atoms with Crippen molar-refractivity contribution < 1.29 is 4.92 Å². The normalized spacial score (nSPS) is 16.0. The Kier molecular flexibility index (Phi) is 7.10. The molecule has 1 N–H and O–H groups in total. The van der Waals surface area contributed by atoms with Gasteiger partial charge >= 0.3 is 0 Å². The molecule has 0 spiro atoms. The van der Waals surface area contributed by atoms with Gasteiger partial charge in [0.1, 0.15) is 0 Å². The van der Waals surface area contributed by atoms with Crippen LogP contribution in [-0.4, -0.2) is 51.0 Å². The molecule has 3 rings (SSSR count). The molecule has 1 aromatic carbocycles. The molecule has 0 aliphatic carbocycles. The van der Waals surface area contributed by atoms with Gasteiger partial charge in [-0.2, -0.15) is 9.97 Å². The van der Waals surface area contributed by atoms with Crippen LogP contribution in [0.1, 0.15) is 25.6 Å². The molecule has 1 aromatic heterocycles. The molecule has 0 bridgehead atoms. The summed E-state index contributed by atoms with van der Waals surface area (Å²) >= 11 is 18.0. The van der Waals surface area contributed by atoms with E-state index in [9.17, 15) is 10.1 Å². The monoisotopic (exact) mass is 458 g/mol. The Hall–Kier alpha value is -1.74. The summed E-state index contributed by atoms with van der Waals surface area (Å²) in [4.78, 5) is 26.0. The quantitative estimate of drug-likeness (QED) is 0.388. The number of benzene rings is 1. The van der Waals surface area contributed by atoms with Crippen LogP contribution >= 0.6 is 34.8 Å². The number of piperidine rings is 1. The van der Waals surface area contributed by atoms with Gasteiger partial charge in [-0.25, -0.2) is 4.98 Å². The lowest BCUT2D eigenvalue weighted by molar-refractivity contribution is -0.384. The SMILES string of the molecule is CCN1CCC(CNc2nc(-c3ccccc3[N+](=O)[O-])nc(C(Cl)(Cl)Cl)n2)CC1. The number of nitrogens with one attached hydrogen (secondary N) is 1. The van der Waals surface area contributed by atoms with Crippen molar-refractivity contribution in [1.29, 1.82) is 0 Å². The highest BCUT2D eigenvalue weighted by atomic mass is 35.6. The standard InChI is InChI=1S/C18H21Cl3N6O2/c1-2-26-9-7-12(8-10-26)11-22-17-24-15(23-16(25-17)18(19,20)21)13-5-3-4-6-14(13)27(28)29/h3-6,12H,2,7-11H2,1H3,(H,22,23,24,25). The van der Waals surface area contributed by atoms with Crippen LogP contribution in [0.5, 0.6) is 0 Å². The number of likely N-dealkylation sites (tertiary alicyclic amines) is 1. The summed E-state index contributed by atoms with van der Waals surface area (Å²) in [5.41, 5.74) is 0.0987. The van der Waals surface area contributed by atoms with Gasteiger partial charge in [-0.05, 0) is 44.5 Å². The largest absolute Gasteiger partial charge is 0.354 e. The van der Waals surface area contributed by atoms with E-state index in [0.717, 1.165) is 32.5 Å². The fourth-order valence-electron chi connectivity index (χ4n) is 3.27. The summed E-state index contributed by atoms with van der Waals surface area (Å²) < 4.78 is -1.88. The molecule has 29 heavy (non-hydrogen) atoms. The lowest BCUT2D eigenvalue weighted by Crippen LogP contribution is -2.35. The number of anilines is 1. The van der Waals surface area contributed by atoms with Gasteiger partial charge in [-0.15, -0.1) is 0 Å². The predicted molar refractivity (Wildman–Crippen MR) is 114 cm³/mol. The minimum Gasteiger partial charge on any atom is -0.354 e. The van der Waals surface area contributed by atoms with E-state index in [-0.39, 0.29) is 28.8 Å². The molecule has 0 amide bonds. The Morgan fingerprint density at radius 2 is 1.90 bits per heavy atom. The van der Waals surface area contributed by atoms with Crippen LogP contribution in [0.2, 0.25) is 0 Å². The first-order chi connectivity index (χ1) is 13.8. The molecular weight excluding hydrogens is 439 g/mol. The smallest absolute Gasteiger partial charge is 0.280 e. The molecule has 0 atom stereocenters. The molecule has 1 aliphatic heterocycles. The van der Waals surface area contributed by atoms with E-state index >= 15 is 0 Å². The van der Waals surface area contributed by atoms with E-state index < -0.39 is 8.72 Å². The lowest BCUT2D eigenvalue weighted by Gasteiger charge is -2.31. The number of aromatic nitrogens is 3. The molecule has 0 unspecified atom stereocenters. The van der Waals surface area contributed by atoms with E-state index in [1.54, 1.807) is 18.2 Å². The zero-order chi connectivity index (χ0) is 21.0. The average Bonchev–Trinajstić information content (AvgIpc) is 2.71. The van der Waals surface area contributed by atoms with Crippen molar-refractivity contribution >= 4 is 46.4 Å². The summed E-state index contributed by atoms with van der Waals surface area (Å²) in [7, 11) is 0. The van der Waals surface area contributed by atoms with E-state index in [4.69, 9.17) is 34.8 Å². The van der Waals surface area contributed by atoms with Crippen molar-refractivity contribution in [3.8, 4) is 11.4 Å². The van der Waals surface area contributed by atoms with Gasteiger partial charge < -0.3 is 10.2 Å². The third kappa shape index (κ3) is 5.66. The molecule has 11 heteroatoms. The van der Waals surface area contributed by atoms with Crippen LogP contribution < -0.4 is 5.32 Å². The Morgan fingerprint density at radius 1 is 1.21 bits per heavy atom. The maximum Gasteiger partial charge on any atom is 0.280 e. The Balaban J connectivity index is 1.86. The second-order valence-electron chi connectivity index (χ2n) is 6.84. The number of nitro benzene ring substituents is 1. The van der Waals surface area contributed by atoms with Crippen LogP contribution in [0.4, 0.5) is 11.6 Å². The van der Waals surface area contributed by atoms with Gasteiger partial charge in [-0.1, -0.05) is 53.9 Å². The molecule has 1 fully saturated rings. The highest BCUT2D eigenvalue weighted by molar-refractivity contribution is 6.66. The van der Waals surface area contributed by atoms with E-state index in [0.29, 0.717) is 12.5 Å². The minimum atomic E-state index is -1.88. The molecule has 0 radical (unpaired) electrons. The number of nitro groups is 1. The number of rotatable bonds is 6. The number of alkyl halides is 3. The van der Waals surface area contributed by atoms with Crippen molar-refractivity contribution in [1.82, 2.24) is 19.9 Å². The van der Waals surface area contributed by atoms with Gasteiger partial charge in [0.05, 0.1) is 10.5 Å². The molecule has 156 valence electrons. The van der Waals surface area contributed by atoms with Gasteiger partial charge in [-0.3, -0.25) is 10.1 Å². The van der Waals surface area contributed by atoms with Crippen molar-refractivity contribution in [3.63, 3.8) is 0 Å². The molecule has 8 nitrogen and oxygen atoms in total. The zero-order valence-electron chi connectivity index (χ0n) is 15.8. The third-order valence-corrected chi connectivity index (χ3v) is 5.44. The Labute approximate surface area is 183 Å². The zero-order valence-corrected chi connectivity index (χ0v) is 18.1. The van der Waals surface area contributed by atoms with Gasteiger partial charge in [0.15, 0.2) is 11.6 Å². The van der Waals surface area contributed by atoms with Crippen molar-refractivity contribution in [2.24, 2.45) is 5.92 Å². The maximum atomic E-state index is 11.4. The average molecular weight is 460 g/mol. The fourth-order valence-corrected chi connectivity index (χ4v) is 3.52. The van der Waals surface area contributed by atoms with Crippen LogP contribution in [-0.2, 0) is 3.79 Å². The Bertz CT molecular complexity index is 869. The molecule has 2 heterocycles. The summed E-state index contributed by atoms with van der Waals surface area (Å²) in [6.07, 6.45) is 2.14. The van der Waals surface area contributed by atoms with Gasteiger partial charge in [0.2, 0.25) is 9.74 Å². The molecule has 1 saturated heterocycles. The summed E-state index contributed by atoms with van der Waals surface area (Å²) in [5, 5.41) is 14.6. The maximum absolute atomic E-state index is 11.4. The molecule has 2 aromatic rings. The van der Waals surface area contributed by atoms with Crippen LogP contribution in [0.3, 0.4) is 0 Å². The van der Waals surface area contributed by atoms with E-state index in [1.165, 1.54) is 6.07 Å².